The number of rotatable bonds is 2. The fourth-order valence-electron chi connectivity index (χ4n) is 0.680. The van der Waals surface area contributed by atoms with Crippen LogP contribution in [0.3, 0.4) is 0 Å². The van der Waals surface area contributed by atoms with Gasteiger partial charge in [0.15, 0.2) is 0 Å². The Bertz CT molecular complexity index is 274. The van der Waals surface area contributed by atoms with E-state index in [2.05, 4.69) is 15.9 Å². The minimum absolute atomic E-state index is 0.412. The molecule has 1 rings (SSSR count). The molecule has 0 amide bonds. The van der Waals surface area contributed by atoms with Crippen molar-refractivity contribution in [1.82, 2.24) is 0 Å². The normalized spacial score (nSPS) is 14.0. The standard InChI is InChI=1S/C8H8BrClOS/c1-5(11)2-3-6-4-7(9)8(10)12-6/h2-5,11H,1H3/b3-2+. The highest BCUT2D eigenvalue weighted by Gasteiger charge is 2.01. The number of aliphatic hydroxyl groups excluding tert-OH is 1. The molecule has 1 aromatic heterocycles. The van der Waals surface area contributed by atoms with Gasteiger partial charge in [-0.2, -0.15) is 0 Å². The zero-order chi connectivity index (χ0) is 9.14. The van der Waals surface area contributed by atoms with Crippen LogP contribution < -0.4 is 0 Å². The SMILES string of the molecule is CC(O)/C=C/c1cc(Br)c(Cl)s1. The topological polar surface area (TPSA) is 20.2 Å². The van der Waals surface area contributed by atoms with E-state index in [1.54, 1.807) is 13.0 Å². The predicted molar refractivity (Wildman–Crippen MR) is 57.7 cm³/mol. The quantitative estimate of drug-likeness (QED) is 0.869. The van der Waals surface area contributed by atoms with Gasteiger partial charge in [-0.15, -0.1) is 11.3 Å². The molecular formula is C8H8BrClOS. The summed E-state index contributed by atoms with van der Waals surface area (Å²) in [5.74, 6) is 0. The second kappa shape index (κ2) is 4.42. The van der Waals surface area contributed by atoms with Crippen LogP contribution in [0.15, 0.2) is 16.6 Å². The molecule has 0 aliphatic heterocycles. The second-order valence-corrected chi connectivity index (χ2v) is 4.91. The summed E-state index contributed by atoms with van der Waals surface area (Å²) in [6.45, 7) is 1.71. The number of halogens is 2. The third kappa shape index (κ3) is 2.90. The Morgan fingerprint density at radius 2 is 2.42 bits per heavy atom. The van der Waals surface area contributed by atoms with Gasteiger partial charge in [0.25, 0.3) is 0 Å². The van der Waals surface area contributed by atoms with E-state index in [1.165, 1.54) is 11.3 Å². The zero-order valence-electron chi connectivity index (χ0n) is 6.42. The smallest absolute Gasteiger partial charge is 0.108 e. The minimum Gasteiger partial charge on any atom is -0.389 e. The molecule has 0 aromatic carbocycles. The molecule has 4 heteroatoms. The largest absolute Gasteiger partial charge is 0.389 e. The Morgan fingerprint density at radius 3 is 2.83 bits per heavy atom. The Labute approximate surface area is 88.8 Å². The van der Waals surface area contributed by atoms with E-state index in [0.717, 1.165) is 13.7 Å². The van der Waals surface area contributed by atoms with Crippen LogP contribution in [-0.4, -0.2) is 11.2 Å². The summed E-state index contributed by atoms with van der Waals surface area (Å²) >= 11 is 10.6. The molecular weight excluding hydrogens is 260 g/mol. The van der Waals surface area contributed by atoms with Crippen molar-refractivity contribution in [3.8, 4) is 0 Å². The minimum atomic E-state index is -0.412. The third-order valence-electron chi connectivity index (χ3n) is 1.20. The molecule has 1 aromatic rings. The van der Waals surface area contributed by atoms with E-state index < -0.39 is 6.10 Å². The maximum Gasteiger partial charge on any atom is 0.108 e. The lowest BCUT2D eigenvalue weighted by molar-refractivity contribution is 0.245. The molecule has 0 saturated heterocycles. The van der Waals surface area contributed by atoms with Gasteiger partial charge in [-0.3, -0.25) is 0 Å². The van der Waals surface area contributed by atoms with Gasteiger partial charge >= 0.3 is 0 Å². The number of aliphatic hydroxyl groups is 1. The van der Waals surface area contributed by atoms with Crippen LogP contribution in [0.4, 0.5) is 0 Å². The lowest BCUT2D eigenvalue weighted by atomic mass is 10.3. The summed E-state index contributed by atoms with van der Waals surface area (Å²) in [6.07, 6.45) is 3.16. The Balaban J connectivity index is 2.77. The van der Waals surface area contributed by atoms with Crippen LogP contribution in [0.25, 0.3) is 6.08 Å². The molecule has 1 heterocycles. The van der Waals surface area contributed by atoms with Gasteiger partial charge in [0.05, 0.1) is 6.10 Å². The first-order chi connectivity index (χ1) is 5.59. The van der Waals surface area contributed by atoms with Crippen LogP contribution in [-0.2, 0) is 0 Å². The van der Waals surface area contributed by atoms with Crippen molar-refractivity contribution in [2.24, 2.45) is 0 Å². The lowest BCUT2D eigenvalue weighted by Gasteiger charge is -1.90. The summed E-state index contributed by atoms with van der Waals surface area (Å²) in [7, 11) is 0. The zero-order valence-corrected chi connectivity index (χ0v) is 9.58. The maximum absolute atomic E-state index is 8.96. The summed E-state index contributed by atoms with van der Waals surface area (Å²) in [6, 6.07) is 1.92. The molecule has 66 valence electrons. The first-order valence-corrected chi connectivity index (χ1v) is 5.39. The number of hydrogen-bond acceptors (Lipinski definition) is 2. The van der Waals surface area contributed by atoms with Crippen LogP contribution in [0.5, 0.6) is 0 Å². The highest BCUT2D eigenvalue weighted by molar-refractivity contribution is 9.10. The van der Waals surface area contributed by atoms with Crippen LogP contribution in [0.2, 0.25) is 4.34 Å². The van der Waals surface area contributed by atoms with E-state index in [1.807, 2.05) is 12.1 Å². The van der Waals surface area contributed by atoms with E-state index in [9.17, 15) is 0 Å². The van der Waals surface area contributed by atoms with E-state index in [0.29, 0.717) is 0 Å². The van der Waals surface area contributed by atoms with Crippen LogP contribution in [0.1, 0.15) is 11.8 Å². The summed E-state index contributed by atoms with van der Waals surface area (Å²) in [5.41, 5.74) is 0. The van der Waals surface area contributed by atoms with Crippen molar-refractivity contribution < 1.29 is 5.11 Å². The average molecular weight is 268 g/mol. The fraction of sp³-hybridized carbons (Fsp3) is 0.250. The summed E-state index contributed by atoms with van der Waals surface area (Å²) < 4.78 is 1.64. The van der Waals surface area contributed by atoms with Gasteiger partial charge in [-0.05, 0) is 35.0 Å². The summed E-state index contributed by atoms with van der Waals surface area (Å²) in [5, 5.41) is 8.96. The van der Waals surface area contributed by atoms with Crippen molar-refractivity contribution >= 4 is 44.9 Å². The maximum atomic E-state index is 8.96. The Kier molecular flexibility index (Phi) is 3.77. The van der Waals surface area contributed by atoms with Crippen LogP contribution in [0, 0.1) is 0 Å². The van der Waals surface area contributed by atoms with Gasteiger partial charge in [0.2, 0.25) is 0 Å². The molecule has 1 nitrogen and oxygen atoms in total. The first kappa shape index (κ1) is 10.3. The third-order valence-corrected chi connectivity index (χ3v) is 3.64. The van der Waals surface area contributed by atoms with Crippen molar-refractivity contribution in [2.45, 2.75) is 13.0 Å². The highest BCUT2D eigenvalue weighted by Crippen LogP contribution is 2.32. The van der Waals surface area contributed by atoms with Crippen LogP contribution >= 0.6 is 38.9 Å². The van der Waals surface area contributed by atoms with Crippen molar-refractivity contribution in [3.05, 3.63) is 25.8 Å². The molecule has 0 aliphatic rings. The van der Waals surface area contributed by atoms with E-state index >= 15 is 0 Å². The first-order valence-electron chi connectivity index (χ1n) is 3.40. The van der Waals surface area contributed by atoms with Gasteiger partial charge in [-0.25, -0.2) is 0 Å². The van der Waals surface area contributed by atoms with Crippen molar-refractivity contribution in [2.75, 3.05) is 0 Å². The molecule has 0 bridgehead atoms. The van der Waals surface area contributed by atoms with Gasteiger partial charge in [0, 0.05) is 9.35 Å². The molecule has 0 saturated carbocycles. The average Bonchev–Trinajstić information content (AvgIpc) is 2.28. The Hall–Kier alpha value is 0.170. The van der Waals surface area contributed by atoms with Gasteiger partial charge in [0.1, 0.15) is 4.34 Å². The van der Waals surface area contributed by atoms with Crippen molar-refractivity contribution in [1.29, 1.82) is 0 Å². The number of thiophene rings is 1. The fourth-order valence-corrected chi connectivity index (χ4v) is 2.33. The summed E-state index contributed by atoms with van der Waals surface area (Å²) in [4.78, 5) is 1.03. The van der Waals surface area contributed by atoms with E-state index in [-0.39, 0.29) is 0 Å². The monoisotopic (exact) mass is 266 g/mol. The highest BCUT2D eigenvalue weighted by atomic mass is 79.9. The molecule has 0 aliphatic carbocycles. The molecule has 0 fully saturated rings. The number of hydrogen-bond donors (Lipinski definition) is 1. The van der Waals surface area contributed by atoms with Gasteiger partial charge in [-0.1, -0.05) is 17.7 Å². The lowest BCUT2D eigenvalue weighted by Crippen LogP contribution is -1.90. The molecule has 0 radical (unpaired) electrons. The predicted octanol–water partition coefficient (Wildman–Crippen LogP) is 3.56. The Morgan fingerprint density at radius 1 is 1.75 bits per heavy atom. The van der Waals surface area contributed by atoms with Gasteiger partial charge < -0.3 is 5.11 Å². The molecule has 1 N–H and O–H groups in total. The second-order valence-electron chi connectivity index (χ2n) is 2.37. The van der Waals surface area contributed by atoms with E-state index in [4.69, 9.17) is 16.7 Å². The molecule has 1 atom stereocenters. The van der Waals surface area contributed by atoms with Crippen molar-refractivity contribution in [3.63, 3.8) is 0 Å². The molecule has 1 unspecified atom stereocenters. The molecule has 12 heavy (non-hydrogen) atoms. The molecule has 0 spiro atoms.